The van der Waals surface area contributed by atoms with Crippen molar-refractivity contribution >= 4 is 34.7 Å². The Morgan fingerprint density at radius 3 is 2.70 bits per heavy atom. The molecule has 0 aliphatic carbocycles. The number of aromatic nitrogens is 3. The van der Waals surface area contributed by atoms with Crippen molar-refractivity contribution in [3.05, 3.63) is 58.5 Å². The van der Waals surface area contributed by atoms with Crippen molar-refractivity contribution in [2.75, 3.05) is 11.4 Å². The van der Waals surface area contributed by atoms with E-state index in [-0.39, 0.29) is 29.5 Å². The molecule has 0 spiro atoms. The van der Waals surface area contributed by atoms with E-state index in [2.05, 4.69) is 15.5 Å². The molecule has 3 aromatic rings. The predicted molar refractivity (Wildman–Crippen MR) is 102 cm³/mol. The lowest BCUT2D eigenvalue weighted by Gasteiger charge is -2.18. The van der Waals surface area contributed by atoms with Crippen molar-refractivity contribution in [3.8, 4) is 0 Å². The highest BCUT2D eigenvalue weighted by Crippen LogP contribution is 2.31. The first-order valence-corrected chi connectivity index (χ1v) is 9.41. The van der Waals surface area contributed by atoms with Gasteiger partial charge in [0.05, 0.1) is 22.8 Å². The van der Waals surface area contributed by atoms with E-state index < -0.39 is 17.6 Å². The lowest BCUT2D eigenvalue weighted by molar-refractivity contribution is -0.137. The minimum atomic E-state index is -4.51. The molecular formula is C19H15ClF3N5O2. The van der Waals surface area contributed by atoms with Crippen LogP contribution in [0.4, 0.5) is 18.9 Å². The van der Waals surface area contributed by atoms with Crippen LogP contribution in [0.25, 0.3) is 5.65 Å². The van der Waals surface area contributed by atoms with Gasteiger partial charge in [-0.05, 0) is 36.8 Å². The molecule has 1 fully saturated rings. The van der Waals surface area contributed by atoms with Gasteiger partial charge in [-0.2, -0.15) is 13.2 Å². The quantitative estimate of drug-likeness (QED) is 0.678. The summed E-state index contributed by atoms with van der Waals surface area (Å²) in [5, 5.41) is 10.6. The van der Waals surface area contributed by atoms with Gasteiger partial charge in [-0.15, -0.1) is 10.2 Å². The van der Waals surface area contributed by atoms with Gasteiger partial charge in [-0.25, -0.2) is 0 Å². The first-order chi connectivity index (χ1) is 14.2. The molecule has 4 rings (SSSR count). The maximum atomic E-state index is 13.0. The monoisotopic (exact) mass is 437 g/mol. The lowest BCUT2D eigenvalue weighted by atomic mass is 10.1. The van der Waals surface area contributed by atoms with E-state index in [4.69, 9.17) is 11.6 Å². The van der Waals surface area contributed by atoms with Crippen LogP contribution in [0.5, 0.6) is 0 Å². The third-order valence-electron chi connectivity index (χ3n) is 4.78. The number of carbonyl (C=O) groups excluding carboxylic acids is 2. The zero-order chi connectivity index (χ0) is 21.5. The van der Waals surface area contributed by atoms with Crippen molar-refractivity contribution in [1.29, 1.82) is 0 Å². The number of alkyl halides is 3. The highest BCUT2D eigenvalue weighted by Gasteiger charge is 2.31. The molecule has 2 amide bonds. The average Bonchev–Trinajstić information content (AvgIpc) is 3.31. The smallest absolute Gasteiger partial charge is 0.345 e. The molecule has 7 nitrogen and oxygen atoms in total. The Bertz CT molecular complexity index is 1140. The molecule has 0 saturated carbocycles. The molecule has 1 aliphatic heterocycles. The Balaban J connectivity index is 1.53. The van der Waals surface area contributed by atoms with Gasteiger partial charge in [-0.1, -0.05) is 11.6 Å². The number of nitrogens with one attached hydrogen (secondary N) is 1. The number of halogens is 4. The molecule has 0 bridgehead atoms. The summed E-state index contributed by atoms with van der Waals surface area (Å²) in [4.78, 5) is 26.1. The second-order valence-corrected chi connectivity index (χ2v) is 7.16. The highest BCUT2D eigenvalue weighted by molar-refractivity contribution is 6.34. The largest absolute Gasteiger partial charge is 0.417 e. The van der Waals surface area contributed by atoms with Crippen LogP contribution in [0.1, 0.15) is 34.6 Å². The van der Waals surface area contributed by atoms with Crippen LogP contribution < -0.4 is 10.2 Å². The van der Waals surface area contributed by atoms with Crippen molar-refractivity contribution in [1.82, 2.24) is 19.9 Å². The van der Waals surface area contributed by atoms with Crippen molar-refractivity contribution in [2.45, 2.75) is 25.6 Å². The summed E-state index contributed by atoms with van der Waals surface area (Å²) in [5.41, 5.74) is 0.0991. The van der Waals surface area contributed by atoms with Crippen LogP contribution in [0.2, 0.25) is 5.02 Å². The molecule has 3 heterocycles. The summed E-state index contributed by atoms with van der Waals surface area (Å²) in [7, 11) is 0. The van der Waals surface area contributed by atoms with E-state index in [0.717, 1.165) is 12.3 Å². The lowest BCUT2D eigenvalue weighted by Crippen LogP contribution is -2.26. The van der Waals surface area contributed by atoms with Gasteiger partial charge in [0.15, 0.2) is 11.5 Å². The Morgan fingerprint density at radius 1 is 1.20 bits per heavy atom. The number of pyridine rings is 1. The van der Waals surface area contributed by atoms with Gasteiger partial charge in [0, 0.05) is 24.7 Å². The van der Waals surface area contributed by atoms with Gasteiger partial charge >= 0.3 is 6.18 Å². The van der Waals surface area contributed by atoms with Crippen LogP contribution in [0.15, 0.2) is 36.5 Å². The Hall–Kier alpha value is -3.14. The van der Waals surface area contributed by atoms with Crippen LogP contribution >= 0.6 is 11.6 Å². The topological polar surface area (TPSA) is 79.6 Å². The molecule has 156 valence electrons. The molecule has 0 radical (unpaired) electrons. The van der Waals surface area contributed by atoms with E-state index >= 15 is 0 Å². The molecule has 11 heteroatoms. The first-order valence-electron chi connectivity index (χ1n) is 9.03. The van der Waals surface area contributed by atoms with Crippen LogP contribution in [-0.2, 0) is 17.5 Å². The van der Waals surface area contributed by atoms with E-state index in [1.54, 1.807) is 0 Å². The Labute approximate surface area is 173 Å². The highest BCUT2D eigenvalue weighted by atomic mass is 35.5. The average molecular weight is 438 g/mol. The summed E-state index contributed by atoms with van der Waals surface area (Å²) in [6, 6.07) is 6.68. The van der Waals surface area contributed by atoms with E-state index in [1.807, 2.05) is 0 Å². The number of amides is 2. The summed E-state index contributed by atoms with van der Waals surface area (Å²) < 4.78 is 40.0. The van der Waals surface area contributed by atoms with E-state index in [1.165, 1.54) is 33.6 Å². The Morgan fingerprint density at radius 2 is 2.00 bits per heavy atom. The molecule has 1 aromatic carbocycles. The summed E-state index contributed by atoms with van der Waals surface area (Å²) >= 11 is 6.18. The zero-order valence-corrected chi connectivity index (χ0v) is 16.2. The number of rotatable bonds is 4. The normalized spacial score (nSPS) is 14.5. The molecule has 30 heavy (non-hydrogen) atoms. The van der Waals surface area contributed by atoms with Crippen molar-refractivity contribution in [3.63, 3.8) is 0 Å². The minimum absolute atomic E-state index is 0.0649. The van der Waals surface area contributed by atoms with Crippen molar-refractivity contribution in [2.24, 2.45) is 0 Å². The second kappa shape index (κ2) is 7.60. The van der Waals surface area contributed by atoms with Crippen LogP contribution in [-0.4, -0.2) is 33.0 Å². The van der Waals surface area contributed by atoms with Gasteiger partial charge in [0.25, 0.3) is 5.91 Å². The molecular weight excluding hydrogens is 423 g/mol. The predicted octanol–water partition coefficient (Wildman–Crippen LogP) is 3.46. The van der Waals surface area contributed by atoms with Gasteiger partial charge < -0.3 is 10.2 Å². The minimum Gasteiger partial charge on any atom is -0.345 e. The maximum absolute atomic E-state index is 13.0. The summed E-state index contributed by atoms with van der Waals surface area (Å²) in [5.74, 6) is -0.401. The van der Waals surface area contributed by atoms with Crippen LogP contribution in [0, 0.1) is 0 Å². The number of hydrogen-bond donors (Lipinski definition) is 1. The molecule has 0 unspecified atom stereocenters. The fourth-order valence-corrected chi connectivity index (χ4v) is 3.47. The second-order valence-electron chi connectivity index (χ2n) is 6.76. The zero-order valence-electron chi connectivity index (χ0n) is 15.4. The number of anilines is 1. The standard InChI is InChI=1S/C19H15ClF3N5O2/c20-13-5-3-11(8-14(13)27-7-1-2-17(27)29)18(30)24-9-16-26-25-15-6-4-12(10-28(15)16)19(21,22)23/h3-6,8,10H,1-2,7,9H2,(H,24,30). The SMILES string of the molecule is O=C(NCc1nnc2ccc(C(F)(F)F)cn12)c1ccc(Cl)c(N2CCCC2=O)c1. The molecule has 2 aromatic heterocycles. The summed E-state index contributed by atoms with van der Waals surface area (Å²) in [6.07, 6.45) is -2.49. The number of carbonyl (C=O) groups is 2. The molecule has 1 saturated heterocycles. The fourth-order valence-electron chi connectivity index (χ4n) is 3.25. The molecule has 1 aliphatic rings. The first kappa shape index (κ1) is 20.1. The van der Waals surface area contributed by atoms with E-state index in [9.17, 15) is 22.8 Å². The molecule has 1 N–H and O–H groups in total. The summed E-state index contributed by atoms with van der Waals surface area (Å²) in [6.45, 7) is 0.388. The number of fused-ring (bicyclic) bond motifs is 1. The van der Waals surface area contributed by atoms with Gasteiger partial charge in [-0.3, -0.25) is 14.0 Å². The third-order valence-corrected chi connectivity index (χ3v) is 5.10. The van der Waals surface area contributed by atoms with E-state index in [0.29, 0.717) is 30.1 Å². The van der Waals surface area contributed by atoms with Gasteiger partial charge in [0.2, 0.25) is 5.91 Å². The fraction of sp³-hybridized carbons (Fsp3) is 0.263. The third kappa shape index (κ3) is 3.82. The van der Waals surface area contributed by atoms with Crippen LogP contribution in [0.3, 0.4) is 0 Å². The number of benzene rings is 1. The Kier molecular flexibility index (Phi) is 5.10. The number of nitrogens with zero attached hydrogens (tertiary/aromatic N) is 4. The number of hydrogen-bond acceptors (Lipinski definition) is 4. The van der Waals surface area contributed by atoms with Crippen molar-refractivity contribution < 1.29 is 22.8 Å². The maximum Gasteiger partial charge on any atom is 0.417 e. The van der Waals surface area contributed by atoms with Gasteiger partial charge in [0.1, 0.15) is 0 Å². The molecule has 0 atom stereocenters.